The first-order valence-electron chi connectivity index (χ1n) is 5.69. The molecule has 0 saturated heterocycles. The first-order valence-corrected chi connectivity index (χ1v) is 5.69. The van der Waals surface area contributed by atoms with Crippen molar-refractivity contribution in [1.29, 1.82) is 0 Å². The van der Waals surface area contributed by atoms with E-state index in [0.717, 1.165) is 19.3 Å². The Hall–Kier alpha value is -1.58. The van der Waals surface area contributed by atoms with Crippen LogP contribution in [0.1, 0.15) is 43.5 Å². The minimum absolute atomic E-state index is 0.111. The lowest BCUT2D eigenvalue weighted by molar-refractivity contribution is 0.0934. The molecule has 0 aliphatic heterocycles. The zero-order valence-corrected chi connectivity index (χ0v) is 9.86. The molecule has 0 bridgehead atoms. The third kappa shape index (κ3) is 3.22. The lowest BCUT2D eigenvalue weighted by Gasteiger charge is -2.16. The molecule has 1 aromatic rings. The van der Waals surface area contributed by atoms with Crippen LogP contribution in [0.25, 0.3) is 0 Å². The summed E-state index contributed by atoms with van der Waals surface area (Å²) in [6.45, 7) is 4.17. The highest BCUT2D eigenvalue weighted by Crippen LogP contribution is 2.10. The molecule has 88 valence electrons. The van der Waals surface area contributed by atoms with Gasteiger partial charge in [-0.05, 0) is 18.9 Å². The average molecular weight is 221 g/mol. The van der Waals surface area contributed by atoms with Crippen molar-refractivity contribution in [2.24, 2.45) is 0 Å². The highest BCUT2D eigenvalue weighted by molar-refractivity contribution is 5.98. The Balaban J connectivity index is 2.68. The van der Waals surface area contributed by atoms with Gasteiger partial charge in [-0.15, -0.1) is 0 Å². The topological polar surface area (TPSA) is 68.0 Å². The minimum atomic E-state index is -0.111. The van der Waals surface area contributed by atoms with Crippen molar-refractivity contribution in [3.63, 3.8) is 0 Å². The Bertz CT molecular complexity index is 352. The molecule has 1 atom stereocenters. The molecule has 4 nitrogen and oxygen atoms in total. The van der Waals surface area contributed by atoms with Gasteiger partial charge >= 0.3 is 0 Å². The quantitative estimate of drug-likeness (QED) is 0.798. The molecule has 0 aromatic carbocycles. The zero-order valence-electron chi connectivity index (χ0n) is 9.86. The highest BCUT2D eigenvalue weighted by Gasteiger charge is 2.13. The largest absolute Gasteiger partial charge is 0.397 e. The number of pyridine rings is 1. The summed E-state index contributed by atoms with van der Waals surface area (Å²) in [6, 6.07) is 1.87. The molecule has 1 aromatic heterocycles. The Labute approximate surface area is 96.3 Å². The summed E-state index contributed by atoms with van der Waals surface area (Å²) in [5.41, 5.74) is 6.62. The van der Waals surface area contributed by atoms with Gasteiger partial charge in [0.15, 0.2) is 0 Å². The number of aromatic nitrogens is 1. The van der Waals surface area contributed by atoms with E-state index in [-0.39, 0.29) is 11.9 Å². The number of anilines is 1. The fourth-order valence-corrected chi connectivity index (χ4v) is 1.60. The SMILES string of the molecule is CCCC(CC)NC(=O)c1ccncc1N. The summed E-state index contributed by atoms with van der Waals surface area (Å²) < 4.78 is 0. The van der Waals surface area contributed by atoms with E-state index in [2.05, 4.69) is 24.1 Å². The second-order valence-electron chi connectivity index (χ2n) is 3.83. The number of hydrogen-bond acceptors (Lipinski definition) is 3. The van der Waals surface area contributed by atoms with Gasteiger partial charge in [-0.25, -0.2) is 0 Å². The fraction of sp³-hybridized carbons (Fsp3) is 0.500. The first kappa shape index (κ1) is 12.5. The predicted octanol–water partition coefficient (Wildman–Crippen LogP) is 1.97. The van der Waals surface area contributed by atoms with Gasteiger partial charge in [-0.1, -0.05) is 20.3 Å². The lowest BCUT2D eigenvalue weighted by Crippen LogP contribution is -2.34. The number of nitrogens with two attached hydrogens (primary N) is 1. The highest BCUT2D eigenvalue weighted by atomic mass is 16.1. The summed E-state index contributed by atoms with van der Waals surface area (Å²) in [7, 11) is 0. The molecule has 16 heavy (non-hydrogen) atoms. The van der Waals surface area contributed by atoms with Gasteiger partial charge in [0.25, 0.3) is 5.91 Å². The van der Waals surface area contributed by atoms with Crippen LogP contribution in [-0.2, 0) is 0 Å². The van der Waals surface area contributed by atoms with Gasteiger partial charge in [0.2, 0.25) is 0 Å². The smallest absolute Gasteiger partial charge is 0.253 e. The third-order valence-corrected chi connectivity index (χ3v) is 2.56. The Morgan fingerprint density at radius 3 is 2.88 bits per heavy atom. The number of carbonyl (C=O) groups is 1. The maximum absolute atomic E-state index is 11.9. The van der Waals surface area contributed by atoms with Gasteiger partial charge in [0.05, 0.1) is 17.4 Å². The number of carbonyl (C=O) groups excluding carboxylic acids is 1. The van der Waals surface area contributed by atoms with Crippen LogP contribution in [0.2, 0.25) is 0 Å². The Morgan fingerprint density at radius 1 is 1.56 bits per heavy atom. The lowest BCUT2D eigenvalue weighted by atomic mass is 10.1. The van der Waals surface area contributed by atoms with Crippen molar-refractivity contribution in [3.8, 4) is 0 Å². The second kappa shape index (κ2) is 6.10. The van der Waals surface area contributed by atoms with Gasteiger partial charge in [0.1, 0.15) is 0 Å². The second-order valence-corrected chi connectivity index (χ2v) is 3.83. The molecule has 0 fully saturated rings. The summed E-state index contributed by atoms with van der Waals surface area (Å²) in [4.78, 5) is 15.7. The minimum Gasteiger partial charge on any atom is -0.397 e. The van der Waals surface area contributed by atoms with Crippen molar-refractivity contribution in [1.82, 2.24) is 10.3 Å². The standard InChI is InChI=1S/C12H19N3O/c1-3-5-9(4-2)15-12(16)10-6-7-14-8-11(10)13/h6-9H,3-5,13H2,1-2H3,(H,15,16). The van der Waals surface area contributed by atoms with Crippen LogP contribution < -0.4 is 11.1 Å². The molecule has 0 spiro atoms. The molecule has 0 aliphatic carbocycles. The predicted molar refractivity (Wildman–Crippen MR) is 65.1 cm³/mol. The molecule has 0 saturated carbocycles. The van der Waals surface area contributed by atoms with E-state index in [1.165, 1.54) is 6.20 Å². The zero-order chi connectivity index (χ0) is 12.0. The van der Waals surface area contributed by atoms with Crippen LogP contribution in [0.15, 0.2) is 18.5 Å². The van der Waals surface area contributed by atoms with Crippen LogP contribution in [0.3, 0.4) is 0 Å². The van der Waals surface area contributed by atoms with E-state index >= 15 is 0 Å². The molecule has 1 unspecified atom stereocenters. The van der Waals surface area contributed by atoms with Crippen molar-refractivity contribution in [3.05, 3.63) is 24.0 Å². The van der Waals surface area contributed by atoms with Crippen LogP contribution in [0, 0.1) is 0 Å². The monoisotopic (exact) mass is 221 g/mol. The number of rotatable bonds is 5. The Kier molecular flexibility index (Phi) is 4.76. The van der Waals surface area contributed by atoms with E-state index in [4.69, 9.17) is 5.73 Å². The molecule has 1 heterocycles. The van der Waals surface area contributed by atoms with Crippen LogP contribution >= 0.6 is 0 Å². The molecular weight excluding hydrogens is 202 g/mol. The van der Waals surface area contributed by atoms with Gasteiger partial charge < -0.3 is 11.1 Å². The van der Waals surface area contributed by atoms with Gasteiger partial charge in [-0.2, -0.15) is 0 Å². The van der Waals surface area contributed by atoms with E-state index in [0.29, 0.717) is 11.3 Å². The summed E-state index contributed by atoms with van der Waals surface area (Å²) in [5.74, 6) is -0.111. The summed E-state index contributed by atoms with van der Waals surface area (Å²) >= 11 is 0. The van der Waals surface area contributed by atoms with Crippen molar-refractivity contribution >= 4 is 11.6 Å². The molecule has 0 radical (unpaired) electrons. The van der Waals surface area contributed by atoms with E-state index in [1.54, 1.807) is 12.3 Å². The number of nitrogens with one attached hydrogen (secondary N) is 1. The van der Waals surface area contributed by atoms with Crippen LogP contribution in [-0.4, -0.2) is 16.9 Å². The maximum Gasteiger partial charge on any atom is 0.253 e. The number of nitrogens with zero attached hydrogens (tertiary/aromatic N) is 1. The summed E-state index contributed by atoms with van der Waals surface area (Å²) in [6.07, 6.45) is 6.06. The van der Waals surface area contributed by atoms with E-state index < -0.39 is 0 Å². The normalized spacial score (nSPS) is 12.1. The molecule has 1 rings (SSSR count). The molecule has 4 heteroatoms. The fourth-order valence-electron chi connectivity index (χ4n) is 1.60. The maximum atomic E-state index is 11.9. The molecule has 1 amide bonds. The Morgan fingerprint density at radius 2 is 2.31 bits per heavy atom. The van der Waals surface area contributed by atoms with E-state index in [1.807, 2.05) is 0 Å². The van der Waals surface area contributed by atoms with Gasteiger partial charge in [-0.3, -0.25) is 9.78 Å². The van der Waals surface area contributed by atoms with Crippen LogP contribution in [0.4, 0.5) is 5.69 Å². The number of amides is 1. The molecule has 3 N–H and O–H groups in total. The average Bonchev–Trinajstić information content (AvgIpc) is 2.28. The van der Waals surface area contributed by atoms with Crippen LogP contribution in [0.5, 0.6) is 0 Å². The number of nitrogen functional groups attached to an aromatic ring is 1. The van der Waals surface area contributed by atoms with Crippen molar-refractivity contribution < 1.29 is 4.79 Å². The third-order valence-electron chi connectivity index (χ3n) is 2.56. The van der Waals surface area contributed by atoms with E-state index in [9.17, 15) is 4.79 Å². The summed E-state index contributed by atoms with van der Waals surface area (Å²) in [5, 5.41) is 2.98. The van der Waals surface area contributed by atoms with Gasteiger partial charge in [0, 0.05) is 12.2 Å². The first-order chi connectivity index (χ1) is 7.69. The number of hydrogen-bond donors (Lipinski definition) is 2. The van der Waals surface area contributed by atoms with Crippen molar-refractivity contribution in [2.45, 2.75) is 39.2 Å². The van der Waals surface area contributed by atoms with Crippen molar-refractivity contribution in [2.75, 3.05) is 5.73 Å². The molecular formula is C12H19N3O. The molecule has 0 aliphatic rings.